The van der Waals surface area contributed by atoms with Gasteiger partial charge in [-0.3, -0.25) is 14.1 Å². The molecular formula is C25H48O7S. The second kappa shape index (κ2) is 20.2. The minimum Gasteiger partial charge on any atom is -0.481 e. The summed E-state index contributed by atoms with van der Waals surface area (Å²) >= 11 is 0. The van der Waals surface area contributed by atoms with E-state index in [2.05, 4.69) is 6.92 Å². The van der Waals surface area contributed by atoms with E-state index in [0.717, 1.165) is 38.5 Å². The lowest BCUT2D eigenvalue weighted by atomic mass is 10.0. The summed E-state index contributed by atoms with van der Waals surface area (Å²) in [6.07, 6.45) is 15.5. The molecule has 7 nitrogen and oxygen atoms in total. The molecule has 2 atom stereocenters. The predicted octanol–water partition coefficient (Wildman–Crippen LogP) is 6.69. The van der Waals surface area contributed by atoms with Gasteiger partial charge in [-0.05, 0) is 32.1 Å². The molecular weight excluding hydrogens is 444 g/mol. The first-order chi connectivity index (χ1) is 15.7. The lowest BCUT2D eigenvalue weighted by molar-refractivity contribution is -0.149. The zero-order valence-corrected chi connectivity index (χ0v) is 21.8. The summed E-state index contributed by atoms with van der Waals surface area (Å²) in [5, 5.41) is 7.55. The highest BCUT2D eigenvalue weighted by Gasteiger charge is 2.33. The molecule has 2 N–H and O–H groups in total. The molecule has 0 saturated carbocycles. The summed E-state index contributed by atoms with van der Waals surface area (Å²) in [5.41, 5.74) is 0. The molecule has 0 aliphatic carbocycles. The smallest absolute Gasteiger partial charge is 0.306 e. The van der Waals surface area contributed by atoms with E-state index in [4.69, 9.17) is 9.84 Å². The Morgan fingerprint density at radius 3 is 1.64 bits per heavy atom. The van der Waals surface area contributed by atoms with Crippen LogP contribution < -0.4 is 0 Å². The highest BCUT2D eigenvalue weighted by molar-refractivity contribution is 7.86. The van der Waals surface area contributed by atoms with E-state index < -0.39 is 33.4 Å². The molecule has 0 bridgehead atoms. The molecule has 2 unspecified atom stereocenters. The number of carbonyl (C=O) groups excluding carboxylic acids is 1. The van der Waals surface area contributed by atoms with Crippen LogP contribution in [0.5, 0.6) is 0 Å². The number of carboxylic acid groups (broad SMARTS) is 1. The number of hydrogen-bond donors (Lipinski definition) is 2. The number of carbonyl (C=O) groups is 2. The largest absolute Gasteiger partial charge is 0.481 e. The highest BCUT2D eigenvalue weighted by atomic mass is 32.2. The molecule has 0 fully saturated rings. The Bertz CT molecular complexity index is 604. The van der Waals surface area contributed by atoms with Gasteiger partial charge in [0.05, 0.1) is 0 Å². The molecule has 0 aromatic carbocycles. The first-order valence-corrected chi connectivity index (χ1v) is 14.6. The molecule has 0 aliphatic rings. The number of unbranched alkanes of at least 4 members (excludes halogenated alkanes) is 13. The number of esters is 1. The van der Waals surface area contributed by atoms with Gasteiger partial charge in [-0.15, -0.1) is 0 Å². The van der Waals surface area contributed by atoms with Crippen LogP contribution in [0.3, 0.4) is 0 Å². The van der Waals surface area contributed by atoms with Crippen molar-refractivity contribution in [3.63, 3.8) is 0 Å². The molecule has 0 radical (unpaired) electrons. The molecule has 196 valence electrons. The summed E-state index contributed by atoms with van der Waals surface area (Å²) < 4.78 is 38.6. The fourth-order valence-electron chi connectivity index (χ4n) is 4.12. The van der Waals surface area contributed by atoms with Crippen molar-refractivity contribution >= 4 is 22.1 Å². The standard InChI is InChI=1S/C25H48O7S/c1-3-5-6-7-8-9-10-11-15-18-21-25(28)32-22(23(4-2)33(29,30)31)19-16-13-12-14-17-20-24(26)27/h22-23H,3-21H2,1-2H3,(H,26,27)(H,29,30,31). The Kier molecular flexibility index (Phi) is 19.5. The van der Waals surface area contributed by atoms with Crippen LogP contribution in [0.2, 0.25) is 0 Å². The molecule has 0 saturated heterocycles. The fourth-order valence-corrected chi connectivity index (χ4v) is 5.12. The molecule has 0 aromatic rings. The summed E-state index contributed by atoms with van der Waals surface area (Å²) in [4.78, 5) is 22.9. The van der Waals surface area contributed by atoms with Gasteiger partial charge >= 0.3 is 11.9 Å². The van der Waals surface area contributed by atoms with E-state index >= 15 is 0 Å². The molecule has 0 heterocycles. The Labute approximate surface area is 201 Å². The van der Waals surface area contributed by atoms with Gasteiger partial charge in [-0.2, -0.15) is 8.42 Å². The van der Waals surface area contributed by atoms with Crippen LogP contribution in [-0.4, -0.2) is 41.4 Å². The first kappa shape index (κ1) is 31.9. The summed E-state index contributed by atoms with van der Waals surface area (Å²) in [7, 11) is -4.31. The predicted molar refractivity (Wildman–Crippen MR) is 132 cm³/mol. The normalized spacial score (nSPS) is 13.5. The zero-order chi connectivity index (χ0) is 25.0. The second-order valence-electron chi connectivity index (χ2n) is 9.12. The fraction of sp³-hybridized carbons (Fsp3) is 0.920. The van der Waals surface area contributed by atoms with E-state index in [1.165, 1.54) is 44.9 Å². The van der Waals surface area contributed by atoms with Crippen molar-refractivity contribution in [1.29, 1.82) is 0 Å². The van der Waals surface area contributed by atoms with E-state index in [1.807, 2.05) is 0 Å². The monoisotopic (exact) mass is 492 g/mol. The van der Waals surface area contributed by atoms with Crippen molar-refractivity contribution in [3.8, 4) is 0 Å². The van der Waals surface area contributed by atoms with E-state index in [9.17, 15) is 22.6 Å². The van der Waals surface area contributed by atoms with Gasteiger partial charge in [0.1, 0.15) is 11.4 Å². The second-order valence-corrected chi connectivity index (χ2v) is 10.8. The van der Waals surface area contributed by atoms with E-state index in [0.29, 0.717) is 19.3 Å². The zero-order valence-electron chi connectivity index (χ0n) is 20.9. The Hall–Kier alpha value is -1.15. The number of carboxylic acids is 1. The van der Waals surface area contributed by atoms with Crippen molar-refractivity contribution in [2.24, 2.45) is 0 Å². The lowest BCUT2D eigenvalue weighted by Crippen LogP contribution is -2.37. The summed E-state index contributed by atoms with van der Waals surface area (Å²) in [6.45, 7) is 3.87. The topological polar surface area (TPSA) is 118 Å². The van der Waals surface area contributed by atoms with Gasteiger partial charge in [0.25, 0.3) is 10.1 Å². The average Bonchev–Trinajstić information content (AvgIpc) is 2.73. The number of aliphatic carboxylic acids is 1. The van der Waals surface area contributed by atoms with E-state index in [-0.39, 0.29) is 19.3 Å². The Morgan fingerprint density at radius 1 is 0.727 bits per heavy atom. The van der Waals surface area contributed by atoms with Gasteiger partial charge in [0.2, 0.25) is 0 Å². The van der Waals surface area contributed by atoms with Gasteiger partial charge in [-0.1, -0.05) is 90.9 Å². The van der Waals surface area contributed by atoms with Crippen LogP contribution in [0.1, 0.15) is 136 Å². The number of ether oxygens (including phenoxy) is 1. The van der Waals surface area contributed by atoms with Gasteiger partial charge < -0.3 is 9.84 Å². The molecule has 0 spiro atoms. The molecule has 8 heteroatoms. The lowest BCUT2D eigenvalue weighted by Gasteiger charge is -2.24. The first-order valence-electron chi connectivity index (χ1n) is 13.1. The summed E-state index contributed by atoms with van der Waals surface area (Å²) in [6, 6.07) is 0. The average molecular weight is 493 g/mol. The van der Waals surface area contributed by atoms with E-state index in [1.54, 1.807) is 6.92 Å². The van der Waals surface area contributed by atoms with Crippen molar-refractivity contribution in [1.82, 2.24) is 0 Å². The van der Waals surface area contributed by atoms with Crippen LogP contribution in [0.15, 0.2) is 0 Å². The van der Waals surface area contributed by atoms with Crippen LogP contribution >= 0.6 is 0 Å². The molecule has 0 aliphatic heterocycles. The third-order valence-corrected chi connectivity index (χ3v) is 7.50. The maximum Gasteiger partial charge on any atom is 0.306 e. The van der Waals surface area contributed by atoms with Gasteiger partial charge in [0, 0.05) is 12.8 Å². The van der Waals surface area contributed by atoms with Crippen LogP contribution in [0, 0.1) is 0 Å². The molecule has 0 amide bonds. The SMILES string of the molecule is CCCCCCCCCCCCC(=O)OC(CCCCCCCC(=O)O)C(CC)S(=O)(=O)O. The van der Waals surface area contributed by atoms with Crippen molar-refractivity contribution < 1.29 is 32.4 Å². The highest BCUT2D eigenvalue weighted by Crippen LogP contribution is 2.21. The third kappa shape index (κ3) is 18.9. The van der Waals surface area contributed by atoms with Crippen molar-refractivity contribution in [3.05, 3.63) is 0 Å². The summed E-state index contributed by atoms with van der Waals surface area (Å²) in [5.74, 6) is -1.20. The minimum absolute atomic E-state index is 0.153. The van der Waals surface area contributed by atoms with Crippen LogP contribution in [-0.2, 0) is 24.4 Å². The number of hydrogen-bond acceptors (Lipinski definition) is 5. The quantitative estimate of drug-likeness (QED) is 0.0926. The Balaban J connectivity index is 4.26. The maximum atomic E-state index is 12.3. The van der Waals surface area contributed by atoms with Gasteiger partial charge in [0.15, 0.2) is 0 Å². The van der Waals surface area contributed by atoms with Crippen molar-refractivity contribution in [2.75, 3.05) is 0 Å². The van der Waals surface area contributed by atoms with Crippen molar-refractivity contribution in [2.45, 2.75) is 147 Å². The van der Waals surface area contributed by atoms with Crippen LogP contribution in [0.4, 0.5) is 0 Å². The Morgan fingerprint density at radius 2 is 1.18 bits per heavy atom. The molecule has 0 rings (SSSR count). The third-order valence-electron chi connectivity index (χ3n) is 6.10. The van der Waals surface area contributed by atoms with Gasteiger partial charge in [-0.25, -0.2) is 0 Å². The number of rotatable bonds is 23. The maximum absolute atomic E-state index is 12.3. The minimum atomic E-state index is -4.31. The van der Waals surface area contributed by atoms with Crippen LogP contribution in [0.25, 0.3) is 0 Å². The molecule has 0 aromatic heterocycles. The molecule has 33 heavy (non-hydrogen) atoms.